The van der Waals surface area contributed by atoms with Gasteiger partial charge in [-0.05, 0) is 18.6 Å². The standard InChI is InChI=1S/C18H18N4/c1-3-22-12-13-8-4-5-9-14(13)18-17(19-20-21(18)2)15-10-6-7-11-16(15)22/h4-11H,3,12H2,1-2H3. The lowest BCUT2D eigenvalue weighted by Crippen LogP contribution is -2.24. The van der Waals surface area contributed by atoms with E-state index in [0.29, 0.717) is 0 Å². The molecule has 2 aromatic carbocycles. The molecule has 0 unspecified atom stereocenters. The third kappa shape index (κ3) is 1.84. The minimum absolute atomic E-state index is 0.897. The van der Waals surface area contributed by atoms with Crippen molar-refractivity contribution in [1.29, 1.82) is 0 Å². The van der Waals surface area contributed by atoms with Gasteiger partial charge in [-0.15, -0.1) is 5.10 Å². The Morgan fingerprint density at radius 1 is 1.00 bits per heavy atom. The average molecular weight is 290 g/mol. The Labute approximate surface area is 130 Å². The van der Waals surface area contributed by atoms with Crippen molar-refractivity contribution in [1.82, 2.24) is 15.0 Å². The van der Waals surface area contributed by atoms with Gasteiger partial charge >= 0.3 is 0 Å². The summed E-state index contributed by atoms with van der Waals surface area (Å²) in [6, 6.07) is 17.0. The molecule has 0 spiro atoms. The zero-order valence-electron chi connectivity index (χ0n) is 12.8. The van der Waals surface area contributed by atoms with E-state index in [0.717, 1.165) is 30.0 Å². The minimum Gasteiger partial charge on any atom is -0.367 e. The molecule has 1 aromatic heterocycles. The van der Waals surface area contributed by atoms with E-state index in [1.807, 2.05) is 11.7 Å². The molecule has 0 N–H and O–H groups in total. The van der Waals surface area contributed by atoms with Crippen molar-refractivity contribution >= 4 is 5.69 Å². The zero-order valence-corrected chi connectivity index (χ0v) is 12.8. The van der Waals surface area contributed by atoms with Crippen molar-refractivity contribution in [2.24, 2.45) is 7.05 Å². The highest BCUT2D eigenvalue weighted by Gasteiger charge is 2.24. The van der Waals surface area contributed by atoms with Crippen LogP contribution < -0.4 is 4.90 Å². The van der Waals surface area contributed by atoms with Crippen LogP contribution in [0.25, 0.3) is 22.5 Å². The fourth-order valence-electron chi connectivity index (χ4n) is 3.25. The van der Waals surface area contributed by atoms with Crippen molar-refractivity contribution in [3.8, 4) is 22.5 Å². The van der Waals surface area contributed by atoms with E-state index in [2.05, 4.69) is 70.7 Å². The number of para-hydroxylation sites is 1. The summed E-state index contributed by atoms with van der Waals surface area (Å²) in [5.74, 6) is 0. The van der Waals surface area contributed by atoms with Gasteiger partial charge in [-0.3, -0.25) is 0 Å². The number of anilines is 1. The molecule has 1 aliphatic heterocycles. The molecule has 22 heavy (non-hydrogen) atoms. The van der Waals surface area contributed by atoms with Crippen molar-refractivity contribution in [3.63, 3.8) is 0 Å². The van der Waals surface area contributed by atoms with E-state index in [4.69, 9.17) is 0 Å². The average Bonchev–Trinajstić information content (AvgIpc) is 2.92. The SMILES string of the molecule is CCN1Cc2ccccc2-c2c(nnn2C)-c2ccccc21. The summed E-state index contributed by atoms with van der Waals surface area (Å²) in [6.07, 6.45) is 0. The summed E-state index contributed by atoms with van der Waals surface area (Å²) in [7, 11) is 1.96. The number of hydrogen-bond acceptors (Lipinski definition) is 3. The first kappa shape index (κ1) is 13.1. The van der Waals surface area contributed by atoms with Crippen LogP contribution in [0.15, 0.2) is 48.5 Å². The Kier molecular flexibility index (Phi) is 2.96. The number of nitrogens with zero attached hydrogens (tertiary/aromatic N) is 4. The highest BCUT2D eigenvalue weighted by Crippen LogP contribution is 2.40. The molecule has 2 heterocycles. The summed E-state index contributed by atoms with van der Waals surface area (Å²) >= 11 is 0. The van der Waals surface area contributed by atoms with Gasteiger partial charge in [0.1, 0.15) is 5.69 Å². The maximum Gasteiger partial charge on any atom is 0.123 e. The van der Waals surface area contributed by atoms with Crippen molar-refractivity contribution in [3.05, 3.63) is 54.1 Å². The number of hydrogen-bond donors (Lipinski definition) is 0. The third-order valence-corrected chi connectivity index (χ3v) is 4.34. The Bertz CT molecular complexity index is 835. The molecule has 110 valence electrons. The Morgan fingerprint density at radius 3 is 2.55 bits per heavy atom. The summed E-state index contributed by atoms with van der Waals surface area (Å²) in [5, 5.41) is 8.73. The maximum absolute atomic E-state index is 4.45. The summed E-state index contributed by atoms with van der Waals surface area (Å²) in [5.41, 5.74) is 6.97. The van der Waals surface area contributed by atoms with Gasteiger partial charge < -0.3 is 4.90 Å². The van der Waals surface area contributed by atoms with E-state index < -0.39 is 0 Å². The predicted molar refractivity (Wildman–Crippen MR) is 88.6 cm³/mol. The molecular formula is C18H18N4. The largest absolute Gasteiger partial charge is 0.367 e. The molecule has 0 bridgehead atoms. The topological polar surface area (TPSA) is 34.0 Å². The molecule has 1 aliphatic rings. The number of benzene rings is 2. The predicted octanol–water partition coefficient (Wildman–Crippen LogP) is 3.49. The van der Waals surface area contributed by atoms with Crippen molar-refractivity contribution < 1.29 is 0 Å². The first-order valence-corrected chi connectivity index (χ1v) is 7.62. The van der Waals surface area contributed by atoms with E-state index in [9.17, 15) is 0 Å². The Balaban J connectivity index is 2.09. The molecule has 0 radical (unpaired) electrons. The lowest BCUT2D eigenvalue weighted by molar-refractivity contribution is 0.720. The number of fused-ring (bicyclic) bond motifs is 5. The second-order valence-corrected chi connectivity index (χ2v) is 5.60. The van der Waals surface area contributed by atoms with Gasteiger partial charge in [-0.2, -0.15) is 0 Å². The van der Waals surface area contributed by atoms with Crippen molar-refractivity contribution in [2.45, 2.75) is 13.5 Å². The molecule has 4 nitrogen and oxygen atoms in total. The smallest absolute Gasteiger partial charge is 0.123 e. The highest BCUT2D eigenvalue weighted by atomic mass is 15.4. The van der Waals surface area contributed by atoms with Gasteiger partial charge in [0.2, 0.25) is 0 Å². The number of rotatable bonds is 1. The van der Waals surface area contributed by atoms with Crippen LogP contribution in [-0.4, -0.2) is 21.5 Å². The maximum atomic E-state index is 4.45. The fourth-order valence-corrected chi connectivity index (χ4v) is 3.25. The van der Waals surface area contributed by atoms with Gasteiger partial charge in [-0.25, -0.2) is 4.68 Å². The highest BCUT2D eigenvalue weighted by molar-refractivity contribution is 5.87. The van der Waals surface area contributed by atoms with Crippen LogP contribution >= 0.6 is 0 Å². The molecule has 0 saturated heterocycles. The summed E-state index contributed by atoms with van der Waals surface area (Å²) in [4.78, 5) is 2.39. The van der Waals surface area contributed by atoms with Gasteiger partial charge in [0.05, 0.1) is 5.69 Å². The van der Waals surface area contributed by atoms with Gasteiger partial charge in [0.15, 0.2) is 0 Å². The van der Waals surface area contributed by atoms with E-state index >= 15 is 0 Å². The van der Waals surface area contributed by atoms with Crippen molar-refractivity contribution in [2.75, 3.05) is 11.4 Å². The zero-order chi connectivity index (χ0) is 15.1. The van der Waals surface area contributed by atoms with Crippen LogP contribution in [-0.2, 0) is 13.6 Å². The molecule has 4 heteroatoms. The monoisotopic (exact) mass is 290 g/mol. The van der Waals surface area contributed by atoms with Crippen LogP contribution in [0.5, 0.6) is 0 Å². The van der Waals surface area contributed by atoms with Gasteiger partial charge in [0, 0.05) is 37.0 Å². The fraction of sp³-hybridized carbons (Fsp3) is 0.222. The first-order chi connectivity index (χ1) is 10.8. The van der Waals surface area contributed by atoms with Crippen LogP contribution in [0.3, 0.4) is 0 Å². The van der Waals surface area contributed by atoms with Gasteiger partial charge in [0.25, 0.3) is 0 Å². The Hall–Kier alpha value is -2.62. The molecule has 0 atom stereocenters. The van der Waals surface area contributed by atoms with Gasteiger partial charge in [-0.1, -0.05) is 47.7 Å². The third-order valence-electron chi connectivity index (χ3n) is 4.34. The molecule has 0 amide bonds. The lowest BCUT2D eigenvalue weighted by Gasteiger charge is -2.28. The number of aromatic nitrogens is 3. The number of aryl methyl sites for hydroxylation is 1. The second kappa shape index (κ2) is 4.98. The first-order valence-electron chi connectivity index (χ1n) is 7.62. The van der Waals surface area contributed by atoms with E-state index in [1.54, 1.807) is 0 Å². The van der Waals surface area contributed by atoms with E-state index in [1.165, 1.54) is 16.8 Å². The Morgan fingerprint density at radius 2 is 1.73 bits per heavy atom. The lowest BCUT2D eigenvalue weighted by atomic mass is 9.96. The van der Waals surface area contributed by atoms with Crippen LogP contribution in [0.4, 0.5) is 5.69 Å². The normalized spacial score (nSPS) is 12.9. The minimum atomic E-state index is 0.897. The molecule has 0 aliphatic carbocycles. The molecule has 0 saturated carbocycles. The molecule has 4 rings (SSSR count). The molecule has 3 aromatic rings. The van der Waals surface area contributed by atoms with Crippen LogP contribution in [0.2, 0.25) is 0 Å². The second-order valence-electron chi connectivity index (χ2n) is 5.60. The van der Waals surface area contributed by atoms with E-state index in [-0.39, 0.29) is 0 Å². The summed E-state index contributed by atoms with van der Waals surface area (Å²) < 4.78 is 1.88. The molecular weight excluding hydrogens is 272 g/mol. The molecule has 0 fully saturated rings. The van der Waals surface area contributed by atoms with Crippen LogP contribution in [0, 0.1) is 0 Å². The quantitative estimate of drug-likeness (QED) is 0.688. The van der Waals surface area contributed by atoms with Crippen LogP contribution in [0.1, 0.15) is 12.5 Å². The summed E-state index contributed by atoms with van der Waals surface area (Å²) in [6.45, 7) is 4.05.